The third-order valence-electron chi connectivity index (χ3n) is 7.34. The van der Waals surface area contributed by atoms with Crippen LogP contribution in [0.1, 0.15) is 30.0 Å². The predicted octanol–water partition coefficient (Wildman–Crippen LogP) is 4.58. The number of fused-ring (bicyclic) bond motifs is 4. The fraction of sp³-hybridized carbons (Fsp3) is 0.346. The Morgan fingerprint density at radius 3 is 2.91 bits per heavy atom. The maximum atomic E-state index is 11.2. The molecule has 4 unspecified atom stereocenters. The number of aromatic nitrogens is 1. The van der Waals surface area contributed by atoms with E-state index < -0.39 is 4.92 Å². The van der Waals surface area contributed by atoms with Gasteiger partial charge in [0.1, 0.15) is 5.75 Å². The second-order valence-corrected chi connectivity index (χ2v) is 9.09. The van der Waals surface area contributed by atoms with Gasteiger partial charge in [0.05, 0.1) is 10.4 Å². The van der Waals surface area contributed by atoms with E-state index in [9.17, 15) is 15.2 Å². The Morgan fingerprint density at radius 1 is 1.30 bits per heavy atom. The summed E-state index contributed by atoms with van der Waals surface area (Å²) in [5, 5.41) is 26.4. The molecular weight excluding hydrogens is 416 g/mol. The molecule has 170 valence electrons. The first-order valence-electron chi connectivity index (χ1n) is 11.4. The number of hydrogen-bond donors (Lipinski definition) is 2. The molecule has 3 saturated heterocycles. The van der Waals surface area contributed by atoms with Gasteiger partial charge in [-0.15, -0.1) is 6.58 Å². The van der Waals surface area contributed by atoms with Crippen LogP contribution in [0, 0.1) is 22.0 Å². The molecule has 2 N–H and O–H groups in total. The molecule has 3 fully saturated rings. The summed E-state index contributed by atoms with van der Waals surface area (Å²) in [5.41, 5.74) is 2.61. The number of aromatic hydroxyl groups is 1. The lowest BCUT2D eigenvalue weighted by Crippen LogP contribution is -2.56. The number of nitro groups is 1. The number of phenols is 1. The van der Waals surface area contributed by atoms with Crippen molar-refractivity contribution in [2.24, 2.45) is 11.8 Å². The number of nitrogens with one attached hydrogen (secondary N) is 1. The van der Waals surface area contributed by atoms with Gasteiger partial charge >= 0.3 is 0 Å². The summed E-state index contributed by atoms with van der Waals surface area (Å²) in [6.07, 6.45) is 6.19. The summed E-state index contributed by atoms with van der Waals surface area (Å²) in [6, 6.07) is 14.6. The number of hydrogen-bond acceptors (Lipinski definition) is 6. The zero-order chi connectivity index (χ0) is 22.9. The molecule has 5 atom stereocenters. The lowest BCUT2D eigenvalue weighted by molar-refractivity contribution is -0.384. The number of non-ortho nitro benzene ring substituents is 1. The first-order chi connectivity index (χ1) is 16.0. The van der Waals surface area contributed by atoms with Crippen molar-refractivity contribution >= 4 is 16.6 Å². The van der Waals surface area contributed by atoms with Gasteiger partial charge in [-0.05, 0) is 55.0 Å². The van der Waals surface area contributed by atoms with Gasteiger partial charge in [0.15, 0.2) is 0 Å². The number of phenolic OH excluding ortho intramolecular Hbond substituents is 1. The second kappa shape index (κ2) is 8.92. The molecule has 6 rings (SSSR count). The summed E-state index contributed by atoms with van der Waals surface area (Å²) in [6.45, 7) is 6.44. The fourth-order valence-electron chi connectivity index (χ4n) is 5.61. The van der Waals surface area contributed by atoms with Crippen LogP contribution in [0.5, 0.6) is 5.75 Å². The van der Waals surface area contributed by atoms with Crippen LogP contribution in [0.15, 0.2) is 67.4 Å². The van der Waals surface area contributed by atoms with Crippen molar-refractivity contribution in [2.45, 2.75) is 31.5 Å². The lowest BCUT2D eigenvalue weighted by atomic mass is 9.73. The van der Waals surface area contributed by atoms with E-state index in [0.29, 0.717) is 23.9 Å². The molecule has 0 amide bonds. The van der Waals surface area contributed by atoms with Crippen LogP contribution in [0.2, 0.25) is 0 Å². The molecule has 0 aliphatic carbocycles. The highest BCUT2D eigenvalue weighted by Gasteiger charge is 2.42. The van der Waals surface area contributed by atoms with Gasteiger partial charge in [-0.3, -0.25) is 20.0 Å². The largest absolute Gasteiger partial charge is 0.508 e. The smallest absolute Gasteiger partial charge is 0.270 e. The molecule has 33 heavy (non-hydrogen) atoms. The summed E-state index contributed by atoms with van der Waals surface area (Å²) >= 11 is 0. The molecule has 2 aromatic carbocycles. The number of piperidine rings is 3. The third-order valence-corrected chi connectivity index (χ3v) is 7.34. The maximum Gasteiger partial charge on any atom is 0.270 e. The van der Waals surface area contributed by atoms with E-state index in [1.807, 2.05) is 24.4 Å². The number of benzene rings is 2. The fourth-order valence-corrected chi connectivity index (χ4v) is 5.61. The first kappa shape index (κ1) is 21.6. The molecule has 7 heteroatoms. The number of para-hydroxylation sites is 1. The molecule has 2 bridgehead atoms. The standard InChI is InChI=1S/C26H28N4O3/c1-2-17-16-29-12-10-18(17)14-24(29)26(22-9-11-27-23-6-4-3-5-21(22)23)28-15-19-13-20(30(32)33)7-8-25(19)31/h2-9,11,13,17-18,24,26,28,31H,1,10,12,14-16H2/t17?,18?,24?,26-/m1/s1. The Kier molecular flexibility index (Phi) is 5.83. The van der Waals surface area contributed by atoms with Gasteiger partial charge in [-0.1, -0.05) is 24.3 Å². The van der Waals surface area contributed by atoms with Crippen molar-refractivity contribution in [1.29, 1.82) is 0 Å². The molecule has 0 radical (unpaired) electrons. The molecule has 7 nitrogen and oxygen atoms in total. The Hall–Kier alpha value is -3.29. The minimum atomic E-state index is -0.433. The Bertz CT molecular complexity index is 1190. The highest BCUT2D eigenvalue weighted by molar-refractivity contribution is 5.82. The average Bonchev–Trinajstić information content (AvgIpc) is 2.85. The van der Waals surface area contributed by atoms with Crippen LogP contribution in [0.25, 0.3) is 10.9 Å². The van der Waals surface area contributed by atoms with E-state index in [2.05, 4.69) is 40.0 Å². The van der Waals surface area contributed by atoms with Crippen LogP contribution in [-0.2, 0) is 6.54 Å². The second-order valence-electron chi connectivity index (χ2n) is 9.09. The average molecular weight is 445 g/mol. The number of nitro benzene ring substituents is 1. The quantitative estimate of drug-likeness (QED) is 0.315. The van der Waals surface area contributed by atoms with Crippen molar-refractivity contribution in [2.75, 3.05) is 13.1 Å². The van der Waals surface area contributed by atoms with Gasteiger partial charge < -0.3 is 10.4 Å². The summed E-state index contributed by atoms with van der Waals surface area (Å²) < 4.78 is 0. The molecule has 3 aliphatic heterocycles. The van der Waals surface area contributed by atoms with Crippen molar-refractivity contribution in [3.8, 4) is 5.75 Å². The first-order valence-corrected chi connectivity index (χ1v) is 11.4. The molecular formula is C26H28N4O3. The Balaban J connectivity index is 1.51. The van der Waals surface area contributed by atoms with Gasteiger partial charge in [0.25, 0.3) is 5.69 Å². The monoisotopic (exact) mass is 444 g/mol. The normalized spacial score (nSPS) is 25.1. The Labute approximate surface area is 192 Å². The highest BCUT2D eigenvalue weighted by atomic mass is 16.6. The van der Waals surface area contributed by atoms with Gasteiger partial charge in [-0.25, -0.2) is 0 Å². The van der Waals surface area contributed by atoms with E-state index in [1.54, 1.807) is 0 Å². The SMILES string of the molecule is C=CC1CN2CCC1CC2[C@H](NCc1cc([N+](=O)[O-])ccc1O)c1ccnc2ccccc12. The minimum Gasteiger partial charge on any atom is -0.508 e. The summed E-state index contributed by atoms with van der Waals surface area (Å²) in [4.78, 5) is 17.9. The molecule has 3 aromatic rings. The van der Waals surface area contributed by atoms with Crippen molar-refractivity contribution in [3.05, 3.63) is 88.6 Å². The van der Waals surface area contributed by atoms with E-state index in [0.717, 1.165) is 30.4 Å². The number of rotatable bonds is 7. The van der Waals surface area contributed by atoms with Crippen LogP contribution < -0.4 is 5.32 Å². The van der Waals surface area contributed by atoms with Crippen LogP contribution >= 0.6 is 0 Å². The molecule has 4 heterocycles. The summed E-state index contributed by atoms with van der Waals surface area (Å²) in [7, 11) is 0. The third kappa shape index (κ3) is 4.10. The minimum absolute atomic E-state index is 0.00914. The highest BCUT2D eigenvalue weighted by Crippen LogP contribution is 2.42. The van der Waals surface area contributed by atoms with E-state index in [-0.39, 0.29) is 23.5 Å². The van der Waals surface area contributed by atoms with E-state index >= 15 is 0 Å². The lowest BCUT2D eigenvalue weighted by Gasteiger charge is -2.52. The van der Waals surface area contributed by atoms with Gasteiger partial charge in [0, 0.05) is 54.5 Å². The van der Waals surface area contributed by atoms with Gasteiger partial charge in [-0.2, -0.15) is 0 Å². The molecule has 0 spiro atoms. The molecule has 3 aliphatic rings. The zero-order valence-corrected chi connectivity index (χ0v) is 18.4. The van der Waals surface area contributed by atoms with E-state index in [4.69, 9.17) is 0 Å². The topological polar surface area (TPSA) is 91.5 Å². The van der Waals surface area contributed by atoms with Crippen LogP contribution in [0.4, 0.5) is 5.69 Å². The molecule has 0 saturated carbocycles. The van der Waals surface area contributed by atoms with Crippen LogP contribution in [-0.4, -0.2) is 39.0 Å². The zero-order valence-electron chi connectivity index (χ0n) is 18.4. The van der Waals surface area contributed by atoms with Crippen molar-refractivity contribution in [1.82, 2.24) is 15.2 Å². The Morgan fingerprint density at radius 2 is 2.15 bits per heavy atom. The number of pyridine rings is 1. The summed E-state index contributed by atoms with van der Waals surface area (Å²) in [5.74, 6) is 1.19. The molecule has 1 aromatic heterocycles. The number of nitrogens with zero attached hydrogens (tertiary/aromatic N) is 3. The van der Waals surface area contributed by atoms with E-state index in [1.165, 1.54) is 30.2 Å². The van der Waals surface area contributed by atoms with Gasteiger partial charge in [0.2, 0.25) is 0 Å². The van der Waals surface area contributed by atoms with Crippen molar-refractivity contribution in [3.63, 3.8) is 0 Å². The predicted molar refractivity (Wildman–Crippen MR) is 128 cm³/mol. The maximum absolute atomic E-state index is 11.2. The van der Waals surface area contributed by atoms with Crippen molar-refractivity contribution < 1.29 is 10.0 Å². The van der Waals surface area contributed by atoms with Crippen LogP contribution in [0.3, 0.4) is 0 Å².